The number of aliphatic carboxylic acids is 1. The number of carboxylic acid groups (broad SMARTS) is 1. The molecule has 8 nitrogen and oxygen atoms in total. The van der Waals surface area contributed by atoms with Crippen molar-refractivity contribution < 1.29 is 19.6 Å². The monoisotopic (exact) mass is 295 g/mol. The molecule has 1 aromatic carbocycles. The fourth-order valence-corrected chi connectivity index (χ4v) is 1.74. The molecule has 0 aliphatic carbocycles. The first-order valence-corrected chi connectivity index (χ1v) is 6.23. The van der Waals surface area contributed by atoms with Crippen LogP contribution in [0, 0.1) is 10.1 Å². The molecule has 0 bridgehead atoms. The molecule has 0 aliphatic rings. The molecule has 1 aromatic rings. The fraction of sp³-hybridized carbons (Fsp3) is 0.385. The van der Waals surface area contributed by atoms with E-state index in [1.54, 1.807) is 25.2 Å². The maximum atomic E-state index is 11.9. The van der Waals surface area contributed by atoms with Crippen LogP contribution in [0.1, 0.15) is 6.42 Å². The van der Waals surface area contributed by atoms with E-state index in [-0.39, 0.29) is 31.1 Å². The van der Waals surface area contributed by atoms with E-state index >= 15 is 0 Å². The zero-order valence-corrected chi connectivity index (χ0v) is 11.9. The first kappa shape index (κ1) is 16.4. The summed E-state index contributed by atoms with van der Waals surface area (Å²) in [6, 6.07) is 6.13. The maximum absolute atomic E-state index is 11.9. The third-order valence-corrected chi connectivity index (χ3v) is 2.95. The molecular weight excluding hydrogens is 278 g/mol. The van der Waals surface area contributed by atoms with Crippen molar-refractivity contribution in [2.75, 3.05) is 32.1 Å². The Bertz CT molecular complexity index is 546. The van der Waals surface area contributed by atoms with Gasteiger partial charge in [-0.1, -0.05) is 12.1 Å². The van der Waals surface area contributed by atoms with Crippen LogP contribution in [-0.4, -0.2) is 54.0 Å². The maximum Gasteiger partial charge on any atom is 0.305 e. The lowest BCUT2D eigenvalue weighted by molar-refractivity contribution is -0.384. The summed E-state index contributed by atoms with van der Waals surface area (Å²) in [7, 11) is 3.07. The van der Waals surface area contributed by atoms with Gasteiger partial charge < -0.3 is 14.9 Å². The summed E-state index contributed by atoms with van der Waals surface area (Å²) < 4.78 is 0. The van der Waals surface area contributed by atoms with Crippen molar-refractivity contribution in [3.63, 3.8) is 0 Å². The first-order valence-electron chi connectivity index (χ1n) is 6.23. The van der Waals surface area contributed by atoms with Crippen molar-refractivity contribution in [3.8, 4) is 0 Å². The SMILES string of the molecule is CN(CCC(=O)O)C(=O)CN(C)c1ccccc1[N+](=O)[O-]. The molecule has 0 saturated heterocycles. The minimum absolute atomic E-state index is 0.0685. The zero-order chi connectivity index (χ0) is 16.0. The second-order valence-corrected chi connectivity index (χ2v) is 4.56. The van der Waals surface area contributed by atoms with Crippen molar-refractivity contribution >= 4 is 23.3 Å². The topological polar surface area (TPSA) is 104 Å². The molecule has 0 fully saturated rings. The molecule has 21 heavy (non-hydrogen) atoms. The Balaban J connectivity index is 2.72. The Kier molecular flexibility index (Phi) is 5.65. The number of para-hydroxylation sites is 2. The Hall–Kier alpha value is -2.64. The highest BCUT2D eigenvalue weighted by molar-refractivity contribution is 5.82. The summed E-state index contributed by atoms with van der Waals surface area (Å²) in [5, 5.41) is 19.5. The van der Waals surface area contributed by atoms with Gasteiger partial charge in [-0.2, -0.15) is 0 Å². The van der Waals surface area contributed by atoms with Gasteiger partial charge in [0.1, 0.15) is 5.69 Å². The lowest BCUT2D eigenvalue weighted by atomic mass is 10.2. The minimum Gasteiger partial charge on any atom is -0.481 e. The zero-order valence-electron chi connectivity index (χ0n) is 11.9. The number of nitro groups is 1. The molecule has 0 spiro atoms. The summed E-state index contributed by atoms with van der Waals surface area (Å²) in [5.41, 5.74) is 0.253. The predicted octanol–water partition coefficient (Wildman–Crippen LogP) is 0.964. The number of nitrogens with zero attached hydrogens (tertiary/aromatic N) is 3. The first-order chi connectivity index (χ1) is 9.82. The molecular formula is C13H17N3O5. The second kappa shape index (κ2) is 7.22. The van der Waals surface area contributed by atoms with Gasteiger partial charge in [-0.05, 0) is 6.07 Å². The summed E-state index contributed by atoms with van der Waals surface area (Å²) in [6.45, 7) is 0.0276. The van der Waals surface area contributed by atoms with Gasteiger partial charge in [0.05, 0.1) is 17.9 Å². The van der Waals surface area contributed by atoms with E-state index < -0.39 is 10.9 Å². The molecule has 0 saturated carbocycles. The molecule has 0 aliphatic heterocycles. The van der Waals surface area contributed by atoms with Crippen molar-refractivity contribution in [1.29, 1.82) is 0 Å². The average Bonchev–Trinajstić information content (AvgIpc) is 2.44. The summed E-state index contributed by atoms with van der Waals surface area (Å²) in [4.78, 5) is 35.6. The van der Waals surface area contributed by atoms with Crippen LogP contribution in [0.2, 0.25) is 0 Å². The highest BCUT2D eigenvalue weighted by Gasteiger charge is 2.19. The van der Waals surface area contributed by atoms with Crippen LogP contribution in [0.5, 0.6) is 0 Å². The van der Waals surface area contributed by atoms with E-state index in [1.165, 1.54) is 22.9 Å². The van der Waals surface area contributed by atoms with E-state index in [0.717, 1.165) is 0 Å². The third-order valence-electron chi connectivity index (χ3n) is 2.95. The molecule has 0 aromatic heterocycles. The van der Waals surface area contributed by atoms with Gasteiger partial charge >= 0.3 is 5.97 Å². The Morgan fingerprint density at radius 3 is 2.48 bits per heavy atom. The van der Waals surface area contributed by atoms with Gasteiger partial charge in [0.2, 0.25) is 5.91 Å². The van der Waals surface area contributed by atoms with Crippen molar-refractivity contribution in [3.05, 3.63) is 34.4 Å². The number of benzene rings is 1. The summed E-state index contributed by atoms with van der Waals surface area (Å²) in [6.07, 6.45) is -0.141. The number of hydrogen-bond donors (Lipinski definition) is 1. The average molecular weight is 295 g/mol. The number of likely N-dealkylation sites (N-methyl/N-ethyl adjacent to an activating group) is 2. The van der Waals surface area contributed by atoms with E-state index in [4.69, 9.17) is 5.11 Å². The van der Waals surface area contributed by atoms with Crippen molar-refractivity contribution in [2.24, 2.45) is 0 Å². The predicted molar refractivity (Wildman–Crippen MR) is 76.3 cm³/mol. The number of hydrogen-bond acceptors (Lipinski definition) is 5. The van der Waals surface area contributed by atoms with Crippen LogP contribution in [0.3, 0.4) is 0 Å². The Morgan fingerprint density at radius 2 is 1.90 bits per heavy atom. The highest BCUT2D eigenvalue weighted by Crippen LogP contribution is 2.26. The molecule has 0 radical (unpaired) electrons. The van der Waals surface area contributed by atoms with Crippen LogP contribution < -0.4 is 4.90 Å². The van der Waals surface area contributed by atoms with Gasteiger partial charge in [-0.3, -0.25) is 19.7 Å². The van der Waals surface area contributed by atoms with E-state index in [9.17, 15) is 19.7 Å². The Morgan fingerprint density at radius 1 is 1.29 bits per heavy atom. The summed E-state index contributed by atoms with van der Waals surface area (Å²) >= 11 is 0. The smallest absolute Gasteiger partial charge is 0.305 e. The van der Waals surface area contributed by atoms with Gasteiger partial charge in [-0.15, -0.1) is 0 Å². The van der Waals surface area contributed by atoms with E-state index in [0.29, 0.717) is 5.69 Å². The van der Waals surface area contributed by atoms with Crippen LogP contribution in [0.25, 0.3) is 0 Å². The normalized spacial score (nSPS) is 10.0. The molecule has 1 rings (SSSR count). The largest absolute Gasteiger partial charge is 0.481 e. The summed E-state index contributed by atoms with van der Waals surface area (Å²) in [5.74, 6) is -1.29. The van der Waals surface area contributed by atoms with E-state index in [1.807, 2.05) is 0 Å². The number of nitro benzene ring substituents is 1. The van der Waals surface area contributed by atoms with Gasteiger partial charge in [0.15, 0.2) is 0 Å². The van der Waals surface area contributed by atoms with Gasteiger partial charge in [0, 0.05) is 26.7 Å². The molecule has 0 atom stereocenters. The number of carbonyl (C=O) groups excluding carboxylic acids is 1. The second-order valence-electron chi connectivity index (χ2n) is 4.56. The highest BCUT2D eigenvalue weighted by atomic mass is 16.6. The van der Waals surface area contributed by atoms with Crippen LogP contribution in [0.4, 0.5) is 11.4 Å². The molecule has 114 valence electrons. The third kappa shape index (κ3) is 4.75. The number of carbonyl (C=O) groups is 2. The molecule has 1 amide bonds. The van der Waals surface area contributed by atoms with E-state index in [2.05, 4.69) is 0 Å². The standard InChI is InChI=1S/C13H17N3O5/c1-14(8-7-13(18)19)12(17)9-15(2)10-5-3-4-6-11(10)16(20)21/h3-6H,7-9H2,1-2H3,(H,18,19). The van der Waals surface area contributed by atoms with Crippen LogP contribution in [-0.2, 0) is 9.59 Å². The molecule has 0 heterocycles. The number of anilines is 1. The quantitative estimate of drug-likeness (QED) is 0.593. The van der Waals surface area contributed by atoms with Crippen molar-refractivity contribution in [1.82, 2.24) is 4.90 Å². The van der Waals surface area contributed by atoms with Gasteiger partial charge in [0.25, 0.3) is 5.69 Å². The minimum atomic E-state index is -0.985. The Labute approximate surface area is 121 Å². The molecule has 1 N–H and O–H groups in total. The van der Waals surface area contributed by atoms with Gasteiger partial charge in [-0.25, -0.2) is 0 Å². The molecule has 8 heteroatoms. The lowest BCUT2D eigenvalue weighted by Gasteiger charge is -2.22. The van der Waals surface area contributed by atoms with Crippen LogP contribution in [0.15, 0.2) is 24.3 Å². The fourth-order valence-electron chi connectivity index (χ4n) is 1.74. The van der Waals surface area contributed by atoms with Crippen molar-refractivity contribution in [2.45, 2.75) is 6.42 Å². The number of amides is 1. The number of rotatable bonds is 7. The number of carboxylic acids is 1. The lowest BCUT2D eigenvalue weighted by Crippen LogP contribution is -2.37. The van der Waals surface area contributed by atoms with Crippen LogP contribution >= 0.6 is 0 Å². The molecule has 0 unspecified atom stereocenters.